The molecule has 0 radical (unpaired) electrons. The third-order valence-corrected chi connectivity index (χ3v) is 10.0. The predicted molar refractivity (Wildman–Crippen MR) is 218 cm³/mol. The fraction of sp³-hybridized carbons (Fsp3) is 0. The first-order valence-electron chi connectivity index (χ1n) is 17.9. The fourth-order valence-corrected chi connectivity index (χ4v) is 7.61. The molecule has 3 heterocycles. The molecule has 0 spiro atoms. The van der Waals surface area contributed by atoms with E-state index in [1.54, 1.807) is 0 Å². The van der Waals surface area contributed by atoms with E-state index >= 15 is 0 Å². The van der Waals surface area contributed by atoms with Crippen molar-refractivity contribution in [3.05, 3.63) is 194 Å². The summed E-state index contributed by atoms with van der Waals surface area (Å²) in [4.78, 5) is 10.1. The van der Waals surface area contributed by atoms with E-state index in [2.05, 4.69) is 174 Å². The highest BCUT2D eigenvalue weighted by Crippen LogP contribution is 2.46. The largest absolute Gasteiger partial charge is 0.231 e. The zero-order chi connectivity index (χ0) is 35.1. The first-order valence-corrected chi connectivity index (χ1v) is 17.9. The number of hydrogen-bond acceptors (Lipinski definition) is 3. The highest BCUT2D eigenvalue weighted by atomic mass is 15.2. The molecule has 53 heavy (non-hydrogen) atoms. The van der Waals surface area contributed by atoms with Crippen LogP contribution in [-0.2, 0) is 0 Å². The SMILES string of the molecule is c1ccc(-c2nc(-c3ccc(-c4c(-c5ccccc5)n5nc(-c6ccccc6)c(-c6ccccc6)c5c5ccccc45)cc3)c3ccccc3n2)cc1. The summed E-state index contributed by atoms with van der Waals surface area (Å²) in [5, 5.41) is 8.85. The van der Waals surface area contributed by atoms with E-state index in [1.165, 1.54) is 5.39 Å². The van der Waals surface area contributed by atoms with Gasteiger partial charge in [0.15, 0.2) is 5.82 Å². The molecule has 4 heteroatoms. The summed E-state index contributed by atoms with van der Waals surface area (Å²) < 4.78 is 2.19. The number of fused-ring (bicyclic) bond motifs is 4. The number of aromatic nitrogens is 4. The molecular weight excluding hydrogens is 645 g/mol. The monoisotopic (exact) mass is 676 g/mol. The standard InChI is InChI=1S/C49H32N4/c1-5-17-33(18-6-1)44-46(35-19-7-2-8-20-35)52-53-47(37-21-9-3-10-22-37)43(39-25-13-14-26-40(39)48(44)53)34-29-31-36(32-30-34)45-41-27-15-16-28-42(41)50-49(51-45)38-23-11-4-12-24-38/h1-32H. The zero-order valence-corrected chi connectivity index (χ0v) is 28.8. The van der Waals surface area contributed by atoms with Crippen molar-refractivity contribution in [2.24, 2.45) is 0 Å². The van der Waals surface area contributed by atoms with Crippen LogP contribution in [0.25, 0.3) is 94.6 Å². The minimum absolute atomic E-state index is 0.716. The Kier molecular flexibility index (Phi) is 7.43. The molecule has 248 valence electrons. The van der Waals surface area contributed by atoms with Gasteiger partial charge in [-0.15, -0.1) is 0 Å². The molecule has 0 aliphatic heterocycles. The normalized spacial score (nSPS) is 11.4. The molecule has 4 nitrogen and oxygen atoms in total. The molecule has 0 bridgehead atoms. The zero-order valence-electron chi connectivity index (χ0n) is 28.8. The molecule has 3 aromatic heterocycles. The Morgan fingerprint density at radius 3 is 1.45 bits per heavy atom. The van der Waals surface area contributed by atoms with Gasteiger partial charge in [0.1, 0.15) is 5.69 Å². The van der Waals surface area contributed by atoms with Crippen molar-refractivity contribution in [2.45, 2.75) is 0 Å². The molecule has 0 amide bonds. The van der Waals surface area contributed by atoms with Crippen LogP contribution in [0.5, 0.6) is 0 Å². The van der Waals surface area contributed by atoms with Crippen LogP contribution in [0.2, 0.25) is 0 Å². The van der Waals surface area contributed by atoms with E-state index in [9.17, 15) is 0 Å². The smallest absolute Gasteiger partial charge is 0.160 e. The second-order valence-electron chi connectivity index (χ2n) is 13.2. The fourth-order valence-electron chi connectivity index (χ4n) is 7.61. The Hall–Kier alpha value is -7.17. The van der Waals surface area contributed by atoms with Crippen molar-refractivity contribution in [1.82, 2.24) is 19.6 Å². The maximum absolute atomic E-state index is 5.51. The second kappa shape index (κ2) is 12.9. The van der Waals surface area contributed by atoms with Gasteiger partial charge in [-0.1, -0.05) is 188 Å². The first-order chi connectivity index (χ1) is 26.3. The second-order valence-corrected chi connectivity index (χ2v) is 13.2. The molecule has 0 saturated heterocycles. The summed E-state index contributed by atoms with van der Waals surface area (Å²) in [6.45, 7) is 0. The summed E-state index contributed by atoms with van der Waals surface area (Å²) >= 11 is 0. The quantitative estimate of drug-likeness (QED) is 0.176. The lowest BCUT2D eigenvalue weighted by molar-refractivity contribution is 0.981. The Morgan fingerprint density at radius 2 is 0.792 bits per heavy atom. The maximum atomic E-state index is 5.51. The third-order valence-electron chi connectivity index (χ3n) is 10.0. The maximum Gasteiger partial charge on any atom is 0.160 e. The Bertz CT molecular complexity index is 2900. The minimum atomic E-state index is 0.716. The molecule has 0 unspecified atom stereocenters. The van der Waals surface area contributed by atoms with Crippen molar-refractivity contribution < 1.29 is 0 Å². The summed E-state index contributed by atoms with van der Waals surface area (Å²) in [5.74, 6) is 0.716. The lowest BCUT2D eigenvalue weighted by atomic mass is 9.91. The number of nitrogens with zero attached hydrogens (tertiary/aromatic N) is 4. The molecule has 10 rings (SSSR count). The minimum Gasteiger partial charge on any atom is -0.231 e. The van der Waals surface area contributed by atoms with Crippen LogP contribution >= 0.6 is 0 Å². The molecule has 0 aliphatic rings. The van der Waals surface area contributed by atoms with Gasteiger partial charge in [-0.2, -0.15) is 5.10 Å². The van der Waals surface area contributed by atoms with Gasteiger partial charge in [0, 0.05) is 44.2 Å². The van der Waals surface area contributed by atoms with Gasteiger partial charge in [0.2, 0.25) is 0 Å². The van der Waals surface area contributed by atoms with E-state index in [0.717, 1.165) is 83.4 Å². The average Bonchev–Trinajstić information content (AvgIpc) is 3.65. The van der Waals surface area contributed by atoms with Crippen LogP contribution < -0.4 is 0 Å². The van der Waals surface area contributed by atoms with Crippen molar-refractivity contribution in [3.8, 4) is 67.4 Å². The van der Waals surface area contributed by atoms with Crippen LogP contribution in [0.1, 0.15) is 0 Å². The lowest BCUT2D eigenvalue weighted by Crippen LogP contribution is -2.00. The molecule has 10 aromatic rings. The summed E-state index contributed by atoms with van der Waals surface area (Å²) in [6.07, 6.45) is 0. The van der Waals surface area contributed by atoms with Gasteiger partial charge in [-0.25, -0.2) is 14.5 Å². The lowest BCUT2D eigenvalue weighted by Gasteiger charge is -2.18. The van der Waals surface area contributed by atoms with E-state index in [-0.39, 0.29) is 0 Å². The summed E-state index contributed by atoms with van der Waals surface area (Å²) in [5.41, 5.74) is 13.6. The van der Waals surface area contributed by atoms with Gasteiger partial charge in [-0.3, -0.25) is 0 Å². The first kappa shape index (κ1) is 30.6. The average molecular weight is 677 g/mol. The number of hydrogen-bond donors (Lipinski definition) is 0. The molecule has 0 saturated carbocycles. The van der Waals surface area contributed by atoms with Gasteiger partial charge in [-0.05, 0) is 22.6 Å². The molecule has 0 N–H and O–H groups in total. The molecule has 7 aromatic carbocycles. The number of rotatable bonds is 6. The van der Waals surface area contributed by atoms with E-state index < -0.39 is 0 Å². The molecule has 0 aliphatic carbocycles. The van der Waals surface area contributed by atoms with Crippen LogP contribution in [0.15, 0.2) is 194 Å². The number of benzene rings is 7. The Balaban J connectivity index is 1.25. The third kappa shape index (κ3) is 5.28. The number of pyridine rings is 1. The molecular formula is C49H32N4. The summed E-state index contributed by atoms with van der Waals surface area (Å²) in [7, 11) is 0. The number of para-hydroxylation sites is 1. The molecule has 0 atom stereocenters. The Labute approximate surface area is 307 Å². The van der Waals surface area contributed by atoms with Crippen LogP contribution in [0.3, 0.4) is 0 Å². The van der Waals surface area contributed by atoms with Crippen LogP contribution in [0, 0.1) is 0 Å². The van der Waals surface area contributed by atoms with Crippen molar-refractivity contribution in [2.75, 3.05) is 0 Å². The summed E-state index contributed by atoms with van der Waals surface area (Å²) in [6, 6.07) is 67.9. The van der Waals surface area contributed by atoms with E-state index in [1.807, 2.05) is 24.3 Å². The van der Waals surface area contributed by atoms with Crippen LogP contribution in [-0.4, -0.2) is 19.6 Å². The van der Waals surface area contributed by atoms with Gasteiger partial charge >= 0.3 is 0 Å². The van der Waals surface area contributed by atoms with Crippen molar-refractivity contribution in [1.29, 1.82) is 0 Å². The topological polar surface area (TPSA) is 43.1 Å². The Morgan fingerprint density at radius 1 is 0.321 bits per heavy atom. The highest BCUT2D eigenvalue weighted by Gasteiger charge is 2.25. The van der Waals surface area contributed by atoms with Crippen molar-refractivity contribution >= 4 is 27.2 Å². The van der Waals surface area contributed by atoms with Gasteiger partial charge < -0.3 is 0 Å². The predicted octanol–water partition coefficient (Wildman–Crippen LogP) is 12.4. The van der Waals surface area contributed by atoms with Crippen molar-refractivity contribution in [3.63, 3.8) is 0 Å². The van der Waals surface area contributed by atoms with Gasteiger partial charge in [0.05, 0.1) is 22.4 Å². The van der Waals surface area contributed by atoms with Gasteiger partial charge in [0.25, 0.3) is 0 Å². The highest BCUT2D eigenvalue weighted by molar-refractivity contribution is 6.15. The van der Waals surface area contributed by atoms with E-state index in [0.29, 0.717) is 5.82 Å². The van der Waals surface area contributed by atoms with E-state index in [4.69, 9.17) is 15.1 Å². The van der Waals surface area contributed by atoms with Crippen LogP contribution in [0.4, 0.5) is 0 Å². The molecule has 0 fully saturated rings.